The Bertz CT molecular complexity index is 657. The number of nitrogens with one attached hydrogen (secondary N) is 1. The molecule has 3 rings (SSSR count). The van der Waals surface area contributed by atoms with Gasteiger partial charge < -0.3 is 15.2 Å². The molecule has 1 atom stereocenters. The van der Waals surface area contributed by atoms with Crippen molar-refractivity contribution in [3.63, 3.8) is 0 Å². The van der Waals surface area contributed by atoms with E-state index in [1.807, 2.05) is 6.07 Å². The zero-order valence-corrected chi connectivity index (χ0v) is 11.9. The Morgan fingerprint density at radius 3 is 3.00 bits per heavy atom. The Labute approximate surface area is 123 Å². The van der Waals surface area contributed by atoms with E-state index in [0.717, 1.165) is 18.5 Å². The highest BCUT2D eigenvalue weighted by Gasteiger charge is 2.22. The molecule has 1 aliphatic rings. The van der Waals surface area contributed by atoms with E-state index in [0.29, 0.717) is 12.0 Å². The summed E-state index contributed by atoms with van der Waals surface area (Å²) in [6.07, 6.45) is 1.45. The second-order valence-corrected chi connectivity index (χ2v) is 5.28. The summed E-state index contributed by atoms with van der Waals surface area (Å²) in [7, 11) is 1.47. The largest absolute Gasteiger partial charge is 0.508 e. The summed E-state index contributed by atoms with van der Waals surface area (Å²) in [6, 6.07) is 10.6. The van der Waals surface area contributed by atoms with Crippen LogP contribution < -0.4 is 10.1 Å². The highest BCUT2D eigenvalue weighted by atomic mass is 19.1. The second kappa shape index (κ2) is 5.74. The molecule has 0 radical (unpaired) electrons. The first-order chi connectivity index (χ1) is 10.2. The molecule has 2 N–H and O–H groups in total. The van der Waals surface area contributed by atoms with Gasteiger partial charge in [0.2, 0.25) is 0 Å². The molecule has 4 heteroatoms. The van der Waals surface area contributed by atoms with Crippen molar-refractivity contribution in [2.75, 3.05) is 13.7 Å². The fourth-order valence-corrected chi connectivity index (χ4v) is 2.90. The lowest BCUT2D eigenvalue weighted by Gasteiger charge is -2.27. The number of halogens is 1. The van der Waals surface area contributed by atoms with Crippen LogP contribution in [-0.4, -0.2) is 18.8 Å². The van der Waals surface area contributed by atoms with Gasteiger partial charge in [0.15, 0.2) is 11.6 Å². The molecule has 0 saturated heterocycles. The van der Waals surface area contributed by atoms with E-state index < -0.39 is 0 Å². The van der Waals surface area contributed by atoms with Crippen LogP contribution in [0.2, 0.25) is 0 Å². The van der Waals surface area contributed by atoms with Crippen molar-refractivity contribution in [1.82, 2.24) is 5.32 Å². The molecule has 1 heterocycles. The fraction of sp³-hybridized carbons (Fsp3) is 0.294. The van der Waals surface area contributed by atoms with Crippen LogP contribution in [-0.2, 0) is 12.8 Å². The van der Waals surface area contributed by atoms with Gasteiger partial charge in [0.25, 0.3) is 0 Å². The number of phenolic OH excluding ortho intramolecular Hbond substituents is 1. The van der Waals surface area contributed by atoms with E-state index in [1.165, 1.54) is 12.7 Å². The maximum absolute atomic E-state index is 14.3. The quantitative estimate of drug-likeness (QED) is 0.912. The monoisotopic (exact) mass is 287 g/mol. The molecule has 0 aliphatic carbocycles. The molecule has 0 aromatic heterocycles. The lowest BCUT2D eigenvalue weighted by atomic mass is 9.90. The number of aromatic hydroxyl groups is 1. The van der Waals surface area contributed by atoms with Gasteiger partial charge >= 0.3 is 0 Å². The van der Waals surface area contributed by atoms with Crippen molar-refractivity contribution in [2.45, 2.75) is 18.9 Å². The molecule has 1 unspecified atom stereocenters. The van der Waals surface area contributed by atoms with E-state index in [1.54, 1.807) is 30.3 Å². The van der Waals surface area contributed by atoms with Crippen LogP contribution in [0.1, 0.15) is 22.7 Å². The summed E-state index contributed by atoms with van der Waals surface area (Å²) < 4.78 is 19.3. The number of benzene rings is 2. The van der Waals surface area contributed by atoms with Crippen molar-refractivity contribution in [2.24, 2.45) is 0 Å². The van der Waals surface area contributed by atoms with Crippen molar-refractivity contribution in [1.29, 1.82) is 0 Å². The van der Waals surface area contributed by atoms with Gasteiger partial charge in [-0.3, -0.25) is 0 Å². The number of methoxy groups -OCH3 is 1. The van der Waals surface area contributed by atoms with Crippen LogP contribution in [0.5, 0.6) is 11.5 Å². The number of ether oxygens (including phenoxy) is 1. The Kier molecular flexibility index (Phi) is 3.80. The topological polar surface area (TPSA) is 41.5 Å². The van der Waals surface area contributed by atoms with E-state index in [9.17, 15) is 9.50 Å². The van der Waals surface area contributed by atoms with Crippen molar-refractivity contribution >= 4 is 0 Å². The first-order valence-electron chi connectivity index (χ1n) is 7.05. The van der Waals surface area contributed by atoms with Crippen LogP contribution in [0.3, 0.4) is 0 Å². The van der Waals surface area contributed by atoms with Gasteiger partial charge in [-0.25, -0.2) is 4.39 Å². The molecule has 0 fully saturated rings. The molecule has 1 aliphatic heterocycles. The third kappa shape index (κ3) is 2.72. The smallest absolute Gasteiger partial charge is 0.168 e. The number of hydrogen-bond donors (Lipinski definition) is 2. The van der Waals surface area contributed by atoms with Crippen LogP contribution in [0.4, 0.5) is 4.39 Å². The zero-order valence-electron chi connectivity index (χ0n) is 11.9. The molecule has 0 bridgehead atoms. The number of phenols is 1. The third-order valence-corrected chi connectivity index (χ3v) is 3.98. The highest BCUT2D eigenvalue weighted by Crippen LogP contribution is 2.31. The molecular formula is C17H18FNO2. The molecule has 110 valence electrons. The molecule has 0 spiro atoms. The van der Waals surface area contributed by atoms with E-state index >= 15 is 0 Å². The molecule has 0 saturated carbocycles. The fourth-order valence-electron chi connectivity index (χ4n) is 2.90. The van der Waals surface area contributed by atoms with Gasteiger partial charge in [-0.15, -0.1) is 0 Å². The SMILES string of the molecule is COc1cccc(CC2NCCc3ccc(O)cc32)c1F. The maximum Gasteiger partial charge on any atom is 0.168 e. The van der Waals surface area contributed by atoms with Crippen LogP contribution in [0.15, 0.2) is 36.4 Å². The minimum absolute atomic E-state index is 0.00227. The van der Waals surface area contributed by atoms with Crippen LogP contribution in [0.25, 0.3) is 0 Å². The maximum atomic E-state index is 14.3. The molecule has 3 nitrogen and oxygen atoms in total. The normalized spacial score (nSPS) is 17.3. The van der Waals surface area contributed by atoms with Crippen molar-refractivity contribution in [3.8, 4) is 11.5 Å². The van der Waals surface area contributed by atoms with Gasteiger partial charge in [0, 0.05) is 6.04 Å². The Balaban J connectivity index is 1.92. The summed E-state index contributed by atoms with van der Waals surface area (Å²) in [5.41, 5.74) is 2.87. The number of rotatable bonds is 3. The first kappa shape index (κ1) is 13.9. The van der Waals surface area contributed by atoms with Crippen LogP contribution in [0, 0.1) is 5.82 Å². The van der Waals surface area contributed by atoms with Gasteiger partial charge in [-0.1, -0.05) is 18.2 Å². The van der Waals surface area contributed by atoms with Crippen molar-refractivity contribution in [3.05, 3.63) is 58.9 Å². The predicted octanol–water partition coefficient (Wildman–Crippen LogP) is 2.97. The second-order valence-electron chi connectivity index (χ2n) is 5.28. The first-order valence-corrected chi connectivity index (χ1v) is 7.05. The van der Waals surface area contributed by atoms with Gasteiger partial charge in [-0.05, 0) is 54.3 Å². The van der Waals surface area contributed by atoms with Gasteiger partial charge in [0.1, 0.15) is 5.75 Å². The lowest BCUT2D eigenvalue weighted by Crippen LogP contribution is -2.31. The zero-order chi connectivity index (χ0) is 14.8. The standard InChI is InChI=1S/C17H18FNO2/c1-21-16-4-2-3-12(17(16)18)9-15-14-10-13(20)6-5-11(14)7-8-19-15/h2-6,10,15,19-20H,7-9H2,1H3. The molecule has 2 aromatic rings. The summed E-state index contributed by atoms with van der Waals surface area (Å²) in [6.45, 7) is 0.855. The summed E-state index contributed by atoms with van der Waals surface area (Å²) in [4.78, 5) is 0. The Hall–Kier alpha value is -2.07. The minimum atomic E-state index is -0.311. The van der Waals surface area contributed by atoms with Gasteiger partial charge in [0.05, 0.1) is 7.11 Å². The average Bonchev–Trinajstić information content (AvgIpc) is 2.50. The number of fused-ring (bicyclic) bond motifs is 1. The average molecular weight is 287 g/mol. The lowest BCUT2D eigenvalue weighted by molar-refractivity contribution is 0.382. The highest BCUT2D eigenvalue weighted by molar-refractivity contribution is 5.40. The summed E-state index contributed by atoms with van der Waals surface area (Å²) >= 11 is 0. The molecule has 2 aromatic carbocycles. The molecule has 0 amide bonds. The summed E-state index contributed by atoms with van der Waals surface area (Å²) in [5.74, 6) is 0.196. The van der Waals surface area contributed by atoms with E-state index in [2.05, 4.69) is 5.32 Å². The molecule has 21 heavy (non-hydrogen) atoms. The van der Waals surface area contributed by atoms with Crippen LogP contribution >= 0.6 is 0 Å². The Morgan fingerprint density at radius 1 is 1.33 bits per heavy atom. The Morgan fingerprint density at radius 2 is 2.19 bits per heavy atom. The minimum Gasteiger partial charge on any atom is -0.508 e. The summed E-state index contributed by atoms with van der Waals surface area (Å²) in [5, 5.41) is 13.1. The van der Waals surface area contributed by atoms with Gasteiger partial charge in [-0.2, -0.15) is 0 Å². The number of hydrogen-bond acceptors (Lipinski definition) is 3. The van der Waals surface area contributed by atoms with E-state index in [4.69, 9.17) is 4.74 Å². The van der Waals surface area contributed by atoms with Crippen molar-refractivity contribution < 1.29 is 14.2 Å². The van der Waals surface area contributed by atoms with E-state index in [-0.39, 0.29) is 23.4 Å². The molecular weight excluding hydrogens is 269 g/mol. The third-order valence-electron chi connectivity index (χ3n) is 3.98. The predicted molar refractivity (Wildman–Crippen MR) is 79.2 cm³/mol.